The van der Waals surface area contributed by atoms with Crippen LogP contribution >= 0.6 is 0 Å². The van der Waals surface area contributed by atoms with Crippen LogP contribution < -0.4 is 19.3 Å². The van der Waals surface area contributed by atoms with Gasteiger partial charge in [-0.25, -0.2) is 0 Å². The molecule has 0 saturated heterocycles. The molecule has 0 amide bonds. The number of aryl methyl sites for hydroxylation is 1. The maximum Gasteiger partial charge on any atom is 0.125 e. The number of methoxy groups -OCH3 is 2. The number of nitriles is 2. The molecule has 168 valence electrons. The number of rotatable bonds is 8. The Hall–Kier alpha value is -4.16. The fourth-order valence-electron chi connectivity index (χ4n) is 3.77. The van der Waals surface area contributed by atoms with E-state index in [0.717, 1.165) is 28.1 Å². The van der Waals surface area contributed by atoms with Gasteiger partial charge in [0, 0.05) is 49.7 Å². The lowest BCUT2D eigenvalue weighted by atomic mass is 10.1. The Bertz CT molecular complexity index is 1130. The maximum atomic E-state index is 9.14. The summed E-state index contributed by atoms with van der Waals surface area (Å²) < 4.78 is 11.0. The van der Waals surface area contributed by atoms with Crippen LogP contribution in [0.25, 0.3) is 0 Å². The zero-order valence-corrected chi connectivity index (χ0v) is 19.7. The van der Waals surface area contributed by atoms with Crippen LogP contribution in [0.1, 0.15) is 27.8 Å². The van der Waals surface area contributed by atoms with Gasteiger partial charge in [-0.2, -0.15) is 10.5 Å². The molecule has 0 N–H and O–H groups in total. The third kappa shape index (κ3) is 5.56. The van der Waals surface area contributed by atoms with E-state index >= 15 is 0 Å². The number of hydrogen-bond acceptors (Lipinski definition) is 6. The highest BCUT2D eigenvalue weighted by molar-refractivity contribution is 5.62. The minimum absolute atomic E-state index is 0.580. The van der Waals surface area contributed by atoms with Crippen LogP contribution in [0.5, 0.6) is 11.5 Å². The second-order valence-corrected chi connectivity index (χ2v) is 8.02. The molecule has 0 aliphatic carbocycles. The molecule has 0 fully saturated rings. The van der Waals surface area contributed by atoms with Crippen LogP contribution in [-0.2, 0) is 13.1 Å². The lowest BCUT2D eigenvalue weighted by Crippen LogP contribution is -2.20. The van der Waals surface area contributed by atoms with Gasteiger partial charge in [-0.1, -0.05) is 12.1 Å². The first-order valence-electron chi connectivity index (χ1n) is 10.6. The number of ether oxygens (including phenoxy) is 2. The van der Waals surface area contributed by atoms with Crippen molar-refractivity contribution < 1.29 is 9.47 Å². The summed E-state index contributed by atoms with van der Waals surface area (Å²) in [5, 5.41) is 18.3. The van der Waals surface area contributed by atoms with Crippen LogP contribution in [0, 0.1) is 29.6 Å². The van der Waals surface area contributed by atoms with Gasteiger partial charge in [0.15, 0.2) is 0 Å². The van der Waals surface area contributed by atoms with Gasteiger partial charge in [-0.15, -0.1) is 0 Å². The van der Waals surface area contributed by atoms with Gasteiger partial charge < -0.3 is 19.3 Å². The molecule has 0 aliphatic rings. The smallest absolute Gasteiger partial charge is 0.125 e. The van der Waals surface area contributed by atoms with Gasteiger partial charge in [-0.3, -0.25) is 0 Å². The third-order valence-corrected chi connectivity index (χ3v) is 5.58. The Labute approximate surface area is 195 Å². The highest BCUT2D eigenvalue weighted by Crippen LogP contribution is 2.29. The fraction of sp³-hybridized carbons (Fsp3) is 0.259. The molecule has 0 spiro atoms. The molecule has 0 aliphatic heterocycles. The molecule has 33 heavy (non-hydrogen) atoms. The average molecular weight is 441 g/mol. The van der Waals surface area contributed by atoms with Gasteiger partial charge in [0.2, 0.25) is 0 Å². The van der Waals surface area contributed by atoms with Gasteiger partial charge in [-0.05, 0) is 55.0 Å². The first-order valence-corrected chi connectivity index (χ1v) is 10.6. The lowest BCUT2D eigenvalue weighted by molar-refractivity contribution is 0.409. The molecule has 3 rings (SSSR count). The Balaban J connectivity index is 1.83. The fourth-order valence-corrected chi connectivity index (χ4v) is 3.77. The van der Waals surface area contributed by atoms with Crippen LogP contribution in [0.4, 0.5) is 11.4 Å². The van der Waals surface area contributed by atoms with Crippen molar-refractivity contribution in [1.29, 1.82) is 10.5 Å². The quantitative estimate of drug-likeness (QED) is 0.489. The topological polar surface area (TPSA) is 72.5 Å². The van der Waals surface area contributed by atoms with E-state index in [1.54, 1.807) is 26.4 Å². The lowest BCUT2D eigenvalue weighted by Gasteiger charge is -2.26. The number of benzene rings is 3. The monoisotopic (exact) mass is 440 g/mol. The van der Waals surface area contributed by atoms with Crippen molar-refractivity contribution in [2.75, 3.05) is 38.1 Å². The molecular formula is C27H28N4O2. The Morgan fingerprint density at radius 1 is 0.697 bits per heavy atom. The second-order valence-electron chi connectivity index (χ2n) is 8.02. The zero-order valence-electron chi connectivity index (χ0n) is 19.7. The molecule has 6 nitrogen and oxygen atoms in total. The summed E-state index contributed by atoms with van der Waals surface area (Å²) in [7, 11) is 7.33. The predicted octanol–water partition coefficient (Wildman–Crippen LogP) is 5.03. The van der Waals surface area contributed by atoms with Crippen molar-refractivity contribution in [1.82, 2.24) is 0 Å². The molecule has 0 radical (unpaired) electrons. The molecule has 3 aromatic rings. The highest BCUT2D eigenvalue weighted by atomic mass is 16.5. The first kappa shape index (κ1) is 23.5. The van der Waals surface area contributed by atoms with Crippen molar-refractivity contribution in [3.05, 3.63) is 82.4 Å². The summed E-state index contributed by atoms with van der Waals surface area (Å²) in [5.74, 6) is 1.41. The number of nitrogens with zero attached hydrogens (tertiary/aromatic N) is 4. The molecule has 0 heterocycles. The SMILES string of the molecule is COc1cc(C#N)ccc1CN(C)c1cc(C)cc(N(C)Cc2ccc(C#N)cc2OC)c1. The highest BCUT2D eigenvalue weighted by Gasteiger charge is 2.13. The summed E-state index contributed by atoms with van der Waals surface area (Å²) in [5.41, 5.74) is 6.49. The molecule has 0 aromatic heterocycles. The van der Waals surface area contributed by atoms with Crippen LogP contribution in [0.15, 0.2) is 54.6 Å². The largest absolute Gasteiger partial charge is 0.496 e. The van der Waals surface area contributed by atoms with Gasteiger partial charge in [0.25, 0.3) is 0 Å². The van der Waals surface area contributed by atoms with Crippen molar-refractivity contribution in [3.63, 3.8) is 0 Å². The minimum atomic E-state index is 0.580. The Morgan fingerprint density at radius 2 is 1.12 bits per heavy atom. The Morgan fingerprint density at radius 3 is 1.48 bits per heavy atom. The normalized spacial score (nSPS) is 10.2. The molecular weight excluding hydrogens is 412 g/mol. The summed E-state index contributed by atoms with van der Waals surface area (Å²) in [6.07, 6.45) is 0. The zero-order chi connectivity index (χ0) is 24.0. The van der Waals surface area contributed by atoms with Crippen LogP contribution in [0.2, 0.25) is 0 Å². The van der Waals surface area contributed by atoms with E-state index in [4.69, 9.17) is 20.0 Å². The van der Waals surface area contributed by atoms with E-state index in [2.05, 4.69) is 47.1 Å². The van der Waals surface area contributed by atoms with Crippen molar-refractivity contribution in [2.45, 2.75) is 20.0 Å². The molecule has 3 aromatic carbocycles. The van der Waals surface area contributed by atoms with E-state index in [9.17, 15) is 0 Å². The van der Waals surface area contributed by atoms with Crippen molar-refractivity contribution >= 4 is 11.4 Å². The van der Waals surface area contributed by atoms with E-state index < -0.39 is 0 Å². The summed E-state index contributed by atoms with van der Waals surface area (Å²) >= 11 is 0. The van der Waals surface area contributed by atoms with Gasteiger partial charge >= 0.3 is 0 Å². The molecule has 0 unspecified atom stereocenters. The van der Waals surface area contributed by atoms with Gasteiger partial charge in [0.05, 0.1) is 37.5 Å². The molecule has 0 saturated carbocycles. The summed E-state index contributed by atoms with van der Waals surface area (Å²) in [4.78, 5) is 4.33. The summed E-state index contributed by atoms with van der Waals surface area (Å²) in [6, 6.07) is 21.8. The van der Waals surface area contributed by atoms with Crippen molar-refractivity contribution in [2.24, 2.45) is 0 Å². The Kier molecular flexibility index (Phi) is 7.43. The van der Waals surface area contributed by atoms with E-state index in [0.29, 0.717) is 35.7 Å². The maximum absolute atomic E-state index is 9.14. The molecule has 0 atom stereocenters. The molecule has 6 heteroatoms. The van der Waals surface area contributed by atoms with E-state index in [-0.39, 0.29) is 0 Å². The molecule has 0 bridgehead atoms. The van der Waals surface area contributed by atoms with E-state index in [1.807, 2.05) is 38.4 Å². The van der Waals surface area contributed by atoms with Crippen LogP contribution in [-0.4, -0.2) is 28.3 Å². The van der Waals surface area contributed by atoms with Crippen molar-refractivity contribution in [3.8, 4) is 23.6 Å². The first-order chi connectivity index (χ1) is 15.9. The van der Waals surface area contributed by atoms with Crippen LogP contribution in [0.3, 0.4) is 0 Å². The third-order valence-electron chi connectivity index (χ3n) is 5.58. The second kappa shape index (κ2) is 10.4. The predicted molar refractivity (Wildman–Crippen MR) is 131 cm³/mol. The summed E-state index contributed by atoms with van der Waals surface area (Å²) in [6.45, 7) is 3.37. The number of hydrogen-bond donors (Lipinski definition) is 0. The minimum Gasteiger partial charge on any atom is -0.496 e. The average Bonchev–Trinajstić information content (AvgIpc) is 2.83. The number of anilines is 2. The standard InChI is InChI=1S/C27H28N4O2/c1-19-10-24(30(2)17-22-8-6-20(15-28)12-26(22)32-4)14-25(11-19)31(3)18-23-9-7-21(16-29)13-27(23)33-5/h6-14H,17-18H2,1-5H3. The van der Waals surface area contributed by atoms with Gasteiger partial charge in [0.1, 0.15) is 11.5 Å². The van der Waals surface area contributed by atoms with E-state index in [1.165, 1.54) is 0 Å².